The molecule has 2 aromatic heterocycles. The number of ether oxygens (including phenoxy) is 2. The Morgan fingerprint density at radius 3 is 2.66 bits per heavy atom. The molecule has 0 saturated carbocycles. The molecule has 8 nitrogen and oxygen atoms in total. The number of nitriles is 1. The SMILES string of the molecule is COc1cc2c3cc(ccc3n1)C(O)(c1nnc(S)n1C)c1ccc(C#N)c(c1)OCCc1cccc-2c1. The molecule has 5 aromatic rings. The normalized spacial score (nSPS) is 16.5. The van der Waals surface area contributed by atoms with E-state index in [4.69, 9.17) is 9.47 Å². The molecule has 6 rings (SSSR count). The zero-order valence-corrected chi connectivity index (χ0v) is 21.6. The second-order valence-corrected chi connectivity index (χ2v) is 9.56. The molecule has 0 radical (unpaired) electrons. The van der Waals surface area contributed by atoms with Crippen LogP contribution in [0.3, 0.4) is 0 Å². The van der Waals surface area contributed by atoms with E-state index >= 15 is 0 Å². The molecule has 0 saturated heterocycles. The first kappa shape index (κ1) is 24.0. The number of methoxy groups -OCH3 is 1. The number of rotatable bonds is 2. The van der Waals surface area contributed by atoms with Gasteiger partial charge < -0.3 is 19.1 Å². The molecule has 9 heteroatoms. The van der Waals surface area contributed by atoms with Crippen LogP contribution < -0.4 is 9.47 Å². The summed E-state index contributed by atoms with van der Waals surface area (Å²) in [6, 6.07) is 22.9. The lowest BCUT2D eigenvalue weighted by molar-refractivity contribution is 0.111. The zero-order chi connectivity index (χ0) is 26.4. The Morgan fingerprint density at radius 1 is 1.08 bits per heavy atom. The highest BCUT2D eigenvalue weighted by Gasteiger charge is 2.40. The maximum absolute atomic E-state index is 12.6. The smallest absolute Gasteiger partial charge is 0.214 e. The first-order valence-corrected chi connectivity index (χ1v) is 12.4. The Balaban J connectivity index is 1.72. The molecule has 1 aliphatic heterocycles. The quantitative estimate of drug-likeness (QED) is 0.331. The van der Waals surface area contributed by atoms with Gasteiger partial charge in [-0.25, -0.2) is 4.98 Å². The van der Waals surface area contributed by atoms with Crippen molar-refractivity contribution >= 4 is 23.5 Å². The first-order chi connectivity index (χ1) is 18.4. The summed E-state index contributed by atoms with van der Waals surface area (Å²) < 4.78 is 13.2. The first-order valence-electron chi connectivity index (χ1n) is 12.0. The molecule has 1 N–H and O–H groups in total. The van der Waals surface area contributed by atoms with E-state index in [2.05, 4.69) is 39.9 Å². The summed E-state index contributed by atoms with van der Waals surface area (Å²) in [5, 5.41) is 31.9. The van der Waals surface area contributed by atoms with Crippen molar-refractivity contribution < 1.29 is 14.6 Å². The average Bonchev–Trinajstić information content (AvgIpc) is 3.29. The maximum Gasteiger partial charge on any atom is 0.214 e. The van der Waals surface area contributed by atoms with Gasteiger partial charge in [0, 0.05) is 24.9 Å². The van der Waals surface area contributed by atoms with Gasteiger partial charge in [0.2, 0.25) is 5.88 Å². The van der Waals surface area contributed by atoms with Crippen molar-refractivity contribution in [3.63, 3.8) is 0 Å². The molecule has 38 heavy (non-hydrogen) atoms. The van der Waals surface area contributed by atoms with E-state index in [1.807, 2.05) is 42.5 Å². The van der Waals surface area contributed by atoms with E-state index in [0.717, 1.165) is 27.6 Å². The lowest BCUT2D eigenvalue weighted by Gasteiger charge is -2.29. The third kappa shape index (κ3) is 3.77. The maximum atomic E-state index is 12.6. The number of thiol groups is 1. The summed E-state index contributed by atoms with van der Waals surface area (Å²) in [5.74, 6) is 1.16. The largest absolute Gasteiger partial charge is 0.492 e. The summed E-state index contributed by atoms with van der Waals surface area (Å²) in [6.07, 6.45) is 0.630. The van der Waals surface area contributed by atoms with Gasteiger partial charge in [-0.05, 0) is 52.1 Å². The van der Waals surface area contributed by atoms with Crippen LogP contribution in [-0.2, 0) is 19.1 Å². The summed E-state index contributed by atoms with van der Waals surface area (Å²) >= 11 is 4.40. The molecule has 6 bridgehead atoms. The van der Waals surface area contributed by atoms with Crippen LogP contribution >= 0.6 is 12.6 Å². The number of pyridine rings is 1. The Kier molecular flexibility index (Phi) is 5.79. The number of fused-ring (bicyclic) bond motifs is 6. The Morgan fingerprint density at radius 2 is 1.89 bits per heavy atom. The van der Waals surface area contributed by atoms with E-state index in [9.17, 15) is 10.4 Å². The molecule has 0 amide bonds. The van der Waals surface area contributed by atoms with Crippen LogP contribution in [0.2, 0.25) is 0 Å². The summed E-state index contributed by atoms with van der Waals surface area (Å²) in [6.45, 7) is 0.352. The van der Waals surface area contributed by atoms with Gasteiger partial charge in [-0.3, -0.25) is 0 Å². The summed E-state index contributed by atoms with van der Waals surface area (Å²) in [4.78, 5) is 4.66. The predicted octanol–water partition coefficient (Wildman–Crippen LogP) is 4.42. The summed E-state index contributed by atoms with van der Waals surface area (Å²) in [7, 11) is 3.34. The van der Waals surface area contributed by atoms with Gasteiger partial charge in [0.1, 0.15) is 11.8 Å². The molecular weight excluding hydrogens is 498 g/mol. The fourth-order valence-electron chi connectivity index (χ4n) is 4.96. The van der Waals surface area contributed by atoms with Crippen molar-refractivity contribution in [2.75, 3.05) is 13.7 Å². The molecule has 1 atom stereocenters. The highest BCUT2D eigenvalue weighted by Crippen LogP contribution is 2.41. The molecule has 0 fully saturated rings. The third-order valence-electron chi connectivity index (χ3n) is 6.99. The lowest BCUT2D eigenvalue weighted by Crippen LogP contribution is -2.32. The van der Waals surface area contributed by atoms with Crippen molar-refractivity contribution in [3.8, 4) is 28.8 Å². The van der Waals surface area contributed by atoms with Crippen LogP contribution in [0, 0.1) is 11.3 Å². The second kappa shape index (κ2) is 9.17. The fraction of sp³-hybridized carbons (Fsp3) is 0.172. The highest BCUT2D eigenvalue weighted by atomic mass is 32.1. The fourth-order valence-corrected chi connectivity index (χ4v) is 5.10. The number of nitrogens with zero attached hydrogens (tertiary/aromatic N) is 5. The van der Waals surface area contributed by atoms with Crippen molar-refractivity contribution in [1.29, 1.82) is 5.26 Å². The number of aliphatic hydroxyl groups is 1. The molecule has 3 heterocycles. The molecule has 0 aliphatic carbocycles. The molecule has 3 aromatic carbocycles. The van der Waals surface area contributed by atoms with Crippen molar-refractivity contribution in [2.24, 2.45) is 7.05 Å². The Labute approximate surface area is 224 Å². The molecule has 188 valence electrons. The van der Waals surface area contributed by atoms with Gasteiger partial charge in [0.05, 0.1) is 24.8 Å². The molecule has 0 spiro atoms. The van der Waals surface area contributed by atoms with Crippen molar-refractivity contribution in [2.45, 2.75) is 17.2 Å². The van der Waals surface area contributed by atoms with Crippen LogP contribution in [0.15, 0.2) is 71.9 Å². The minimum atomic E-state index is -1.74. The average molecular weight is 522 g/mol. The minimum Gasteiger partial charge on any atom is -0.492 e. The minimum absolute atomic E-state index is 0.273. The van der Waals surface area contributed by atoms with Gasteiger partial charge >= 0.3 is 0 Å². The van der Waals surface area contributed by atoms with E-state index in [-0.39, 0.29) is 5.82 Å². The van der Waals surface area contributed by atoms with Crippen LogP contribution in [0.4, 0.5) is 0 Å². The summed E-state index contributed by atoms with van der Waals surface area (Å²) in [5.41, 5.74) is 3.38. The Hall–Kier alpha value is -4.39. The van der Waals surface area contributed by atoms with Crippen molar-refractivity contribution in [3.05, 3.63) is 94.8 Å². The zero-order valence-electron chi connectivity index (χ0n) is 20.7. The van der Waals surface area contributed by atoms with E-state index in [1.165, 1.54) is 0 Å². The standard InChI is InChI=1S/C29H23N5O3S/c1-34-27(32-33-28(34)38)29(35)20-8-9-24-23(13-20)22(15-26(31-24)36-2)18-5-3-4-17(12-18)10-11-37-25-14-21(29)7-6-19(25)16-30/h3-9,12-15,35H,10-11H2,1-2H3,(H,33,38). The highest BCUT2D eigenvalue weighted by molar-refractivity contribution is 7.80. The third-order valence-corrected chi connectivity index (χ3v) is 7.38. The number of benzene rings is 3. The molecule has 1 unspecified atom stereocenters. The van der Waals surface area contributed by atoms with Gasteiger partial charge in [-0.15, -0.1) is 22.8 Å². The molecule has 1 aliphatic rings. The van der Waals surface area contributed by atoms with E-state index < -0.39 is 5.60 Å². The molecular formula is C29H23N5O3S. The van der Waals surface area contributed by atoms with E-state index in [1.54, 1.807) is 36.9 Å². The van der Waals surface area contributed by atoms with Crippen LogP contribution in [0.1, 0.15) is 28.1 Å². The van der Waals surface area contributed by atoms with Gasteiger partial charge in [0.15, 0.2) is 16.6 Å². The Bertz CT molecular complexity index is 1760. The van der Waals surface area contributed by atoms with Gasteiger partial charge in [-0.1, -0.05) is 36.4 Å². The van der Waals surface area contributed by atoms with E-state index in [0.29, 0.717) is 46.5 Å². The lowest BCUT2D eigenvalue weighted by atomic mass is 9.83. The van der Waals surface area contributed by atoms with Crippen LogP contribution in [0.5, 0.6) is 11.6 Å². The number of hydrogen-bond donors (Lipinski definition) is 2. The van der Waals surface area contributed by atoms with Crippen LogP contribution in [0.25, 0.3) is 22.0 Å². The van der Waals surface area contributed by atoms with Gasteiger partial charge in [0.25, 0.3) is 0 Å². The monoisotopic (exact) mass is 521 g/mol. The topological polar surface area (TPSA) is 106 Å². The number of aromatic nitrogens is 4. The second-order valence-electron chi connectivity index (χ2n) is 9.16. The predicted molar refractivity (Wildman–Crippen MR) is 144 cm³/mol. The number of hydrogen-bond acceptors (Lipinski definition) is 8. The van der Waals surface area contributed by atoms with Gasteiger partial charge in [-0.2, -0.15) is 5.26 Å². The van der Waals surface area contributed by atoms with Crippen LogP contribution in [-0.4, -0.2) is 38.6 Å². The van der Waals surface area contributed by atoms with Crippen molar-refractivity contribution in [1.82, 2.24) is 19.7 Å².